The van der Waals surface area contributed by atoms with Crippen LogP contribution in [-0.2, 0) is 6.42 Å². The molecule has 0 aromatic heterocycles. The van der Waals surface area contributed by atoms with Gasteiger partial charge in [-0.1, -0.05) is 24.3 Å². The van der Waals surface area contributed by atoms with Crippen LogP contribution in [0.1, 0.15) is 33.5 Å². The van der Waals surface area contributed by atoms with Gasteiger partial charge < -0.3 is 10.6 Å². The first-order chi connectivity index (χ1) is 10.1. The lowest BCUT2D eigenvalue weighted by molar-refractivity contribution is 0.0984. The Hall–Kier alpha value is -2.29. The number of hydrogen-bond donors (Lipinski definition) is 1. The highest BCUT2D eigenvalue weighted by Gasteiger charge is 2.25. The number of carbonyl (C=O) groups is 1. The number of fused-ring (bicyclic) bond motifs is 1. The number of rotatable bonds is 1. The number of nitrogens with two attached hydrogens (primary N) is 1. The highest BCUT2D eigenvalue weighted by Crippen LogP contribution is 2.32. The molecule has 3 heteroatoms. The van der Waals surface area contributed by atoms with Crippen molar-refractivity contribution in [3.8, 4) is 0 Å². The Bertz CT molecular complexity index is 706. The van der Waals surface area contributed by atoms with Crippen LogP contribution in [0, 0.1) is 13.8 Å². The fourth-order valence-electron chi connectivity index (χ4n) is 3.07. The number of anilines is 2. The second-order valence-electron chi connectivity index (χ2n) is 5.72. The summed E-state index contributed by atoms with van der Waals surface area (Å²) in [6.45, 7) is 4.79. The summed E-state index contributed by atoms with van der Waals surface area (Å²) in [7, 11) is 0. The zero-order valence-electron chi connectivity index (χ0n) is 12.5. The van der Waals surface area contributed by atoms with E-state index in [2.05, 4.69) is 25.1 Å². The van der Waals surface area contributed by atoms with Gasteiger partial charge in [0.25, 0.3) is 5.91 Å². The molecule has 0 saturated carbocycles. The number of aryl methyl sites for hydroxylation is 3. The van der Waals surface area contributed by atoms with Gasteiger partial charge in [0.05, 0.1) is 5.69 Å². The molecule has 1 amide bonds. The van der Waals surface area contributed by atoms with Gasteiger partial charge in [-0.3, -0.25) is 4.79 Å². The predicted molar refractivity (Wildman–Crippen MR) is 86.8 cm³/mol. The molecule has 1 aliphatic heterocycles. The average molecular weight is 280 g/mol. The van der Waals surface area contributed by atoms with Crippen LogP contribution >= 0.6 is 0 Å². The van der Waals surface area contributed by atoms with Gasteiger partial charge in [0.2, 0.25) is 0 Å². The number of para-hydroxylation sites is 1. The van der Waals surface area contributed by atoms with Gasteiger partial charge in [-0.05, 0) is 55.5 Å². The zero-order chi connectivity index (χ0) is 15.0. The summed E-state index contributed by atoms with van der Waals surface area (Å²) in [6, 6.07) is 11.8. The van der Waals surface area contributed by atoms with Crippen molar-refractivity contribution >= 4 is 17.3 Å². The minimum Gasteiger partial charge on any atom is -0.399 e. The van der Waals surface area contributed by atoms with Crippen molar-refractivity contribution in [2.45, 2.75) is 26.7 Å². The second-order valence-corrected chi connectivity index (χ2v) is 5.72. The predicted octanol–water partition coefficient (Wildman–Crippen LogP) is 3.48. The van der Waals surface area contributed by atoms with Gasteiger partial charge in [-0.25, -0.2) is 0 Å². The lowest BCUT2D eigenvalue weighted by atomic mass is 9.96. The summed E-state index contributed by atoms with van der Waals surface area (Å²) >= 11 is 0. The summed E-state index contributed by atoms with van der Waals surface area (Å²) in [4.78, 5) is 14.9. The first-order valence-electron chi connectivity index (χ1n) is 7.34. The van der Waals surface area contributed by atoms with Crippen molar-refractivity contribution < 1.29 is 4.79 Å². The molecular weight excluding hydrogens is 260 g/mol. The molecule has 21 heavy (non-hydrogen) atoms. The first-order valence-corrected chi connectivity index (χ1v) is 7.34. The van der Waals surface area contributed by atoms with Crippen molar-refractivity contribution in [3.63, 3.8) is 0 Å². The molecule has 2 aromatic rings. The maximum atomic E-state index is 13.0. The SMILES string of the molecule is Cc1ccc(N)cc1C(=O)N1CCCc2cccc(C)c21. The number of nitrogens with zero attached hydrogens (tertiary/aromatic N) is 1. The maximum absolute atomic E-state index is 13.0. The third-order valence-electron chi connectivity index (χ3n) is 4.16. The van der Waals surface area contributed by atoms with E-state index in [4.69, 9.17) is 5.73 Å². The number of nitrogen functional groups attached to an aromatic ring is 1. The lowest BCUT2D eigenvalue weighted by Crippen LogP contribution is -2.36. The summed E-state index contributed by atoms with van der Waals surface area (Å²) < 4.78 is 0. The van der Waals surface area contributed by atoms with Crippen LogP contribution in [0.4, 0.5) is 11.4 Å². The summed E-state index contributed by atoms with van der Waals surface area (Å²) in [5, 5.41) is 0. The van der Waals surface area contributed by atoms with Crippen LogP contribution in [0.5, 0.6) is 0 Å². The molecule has 3 rings (SSSR count). The standard InChI is InChI=1S/C18H20N2O/c1-12-8-9-15(19)11-16(12)18(21)20-10-4-7-14-6-3-5-13(2)17(14)20/h3,5-6,8-9,11H,4,7,10,19H2,1-2H3. The van der Waals surface area contributed by atoms with Gasteiger partial charge >= 0.3 is 0 Å². The molecule has 2 aromatic carbocycles. The Morgan fingerprint density at radius 1 is 1.14 bits per heavy atom. The van der Waals surface area contributed by atoms with Gasteiger partial charge in [0.1, 0.15) is 0 Å². The Kier molecular flexibility index (Phi) is 3.42. The van der Waals surface area contributed by atoms with Gasteiger partial charge in [0, 0.05) is 17.8 Å². The molecule has 0 radical (unpaired) electrons. The van der Waals surface area contributed by atoms with E-state index in [0.717, 1.165) is 36.2 Å². The van der Waals surface area contributed by atoms with Crippen molar-refractivity contribution in [1.82, 2.24) is 0 Å². The molecule has 0 saturated heterocycles. The summed E-state index contributed by atoms with van der Waals surface area (Å²) in [6.07, 6.45) is 2.04. The van der Waals surface area contributed by atoms with Crippen molar-refractivity contribution in [1.29, 1.82) is 0 Å². The smallest absolute Gasteiger partial charge is 0.258 e. The Labute approximate surface area is 125 Å². The van der Waals surface area contributed by atoms with E-state index >= 15 is 0 Å². The van der Waals surface area contributed by atoms with E-state index in [1.165, 1.54) is 5.56 Å². The quantitative estimate of drug-likeness (QED) is 0.813. The van der Waals surface area contributed by atoms with Crippen LogP contribution in [0.2, 0.25) is 0 Å². The van der Waals surface area contributed by atoms with Crippen molar-refractivity contribution in [2.75, 3.05) is 17.2 Å². The van der Waals surface area contributed by atoms with Gasteiger partial charge in [-0.15, -0.1) is 0 Å². The van der Waals surface area contributed by atoms with Crippen LogP contribution in [0.15, 0.2) is 36.4 Å². The third-order valence-corrected chi connectivity index (χ3v) is 4.16. The number of amides is 1. The molecule has 0 aliphatic carbocycles. The lowest BCUT2D eigenvalue weighted by Gasteiger charge is -2.31. The molecular formula is C18H20N2O. The molecule has 2 N–H and O–H groups in total. The van der Waals surface area contributed by atoms with Crippen molar-refractivity contribution in [3.05, 3.63) is 58.7 Å². The average Bonchev–Trinajstić information content (AvgIpc) is 2.49. The van der Waals surface area contributed by atoms with Crippen LogP contribution < -0.4 is 10.6 Å². The minimum absolute atomic E-state index is 0.0510. The molecule has 1 aliphatic rings. The van der Waals surface area contributed by atoms with Gasteiger partial charge in [-0.2, -0.15) is 0 Å². The molecule has 108 valence electrons. The Morgan fingerprint density at radius 2 is 1.95 bits per heavy atom. The van der Waals surface area contributed by atoms with E-state index in [0.29, 0.717) is 11.3 Å². The molecule has 0 bridgehead atoms. The normalized spacial score (nSPS) is 13.9. The highest BCUT2D eigenvalue weighted by molar-refractivity contribution is 6.08. The Morgan fingerprint density at radius 3 is 2.76 bits per heavy atom. The van der Waals surface area contributed by atoms with E-state index in [-0.39, 0.29) is 5.91 Å². The molecule has 0 fully saturated rings. The maximum Gasteiger partial charge on any atom is 0.258 e. The topological polar surface area (TPSA) is 46.3 Å². The number of hydrogen-bond acceptors (Lipinski definition) is 2. The summed E-state index contributed by atoms with van der Waals surface area (Å²) in [5.74, 6) is 0.0510. The Balaban J connectivity index is 2.06. The first kappa shape index (κ1) is 13.7. The number of benzene rings is 2. The molecule has 0 spiro atoms. The highest BCUT2D eigenvalue weighted by atomic mass is 16.2. The van der Waals surface area contributed by atoms with Crippen LogP contribution in [0.3, 0.4) is 0 Å². The molecule has 3 nitrogen and oxygen atoms in total. The minimum atomic E-state index is 0.0510. The monoisotopic (exact) mass is 280 g/mol. The van der Waals surface area contributed by atoms with Gasteiger partial charge in [0.15, 0.2) is 0 Å². The van der Waals surface area contributed by atoms with Crippen molar-refractivity contribution in [2.24, 2.45) is 0 Å². The zero-order valence-corrected chi connectivity index (χ0v) is 12.5. The fourth-order valence-corrected chi connectivity index (χ4v) is 3.07. The van der Waals surface area contributed by atoms with Crippen LogP contribution in [-0.4, -0.2) is 12.5 Å². The van der Waals surface area contributed by atoms with Crippen LogP contribution in [0.25, 0.3) is 0 Å². The second kappa shape index (κ2) is 5.24. The van der Waals surface area contributed by atoms with E-state index in [1.54, 1.807) is 6.07 Å². The molecule has 1 heterocycles. The van der Waals surface area contributed by atoms with E-state index in [1.807, 2.05) is 24.0 Å². The molecule has 0 unspecified atom stereocenters. The number of carbonyl (C=O) groups excluding carboxylic acids is 1. The van der Waals surface area contributed by atoms with E-state index in [9.17, 15) is 4.79 Å². The van der Waals surface area contributed by atoms with E-state index < -0.39 is 0 Å². The summed E-state index contributed by atoms with van der Waals surface area (Å²) in [5.41, 5.74) is 11.6. The largest absolute Gasteiger partial charge is 0.399 e. The fraction of sp³-hybridized carbons (Fsp3) is 0.278. The molecule has 0 atom stereocenters. The third kappa shape index (κ3) is 2.40.